The summed E-state index contributed by atoms with van der Waals surface area (Å²) in [4.78, 5) is 4.27. The molecular weight excluding hydrogens is 266 g/mol. The molecule has 0 heterocycles. The van der Waals surface area contributed by atoms with Crippen LogP contribution in [0.4, 0.5) is 5.69 Å². The van der Waals surface area contributed by atoms with Gasteiger partial charge in [0.1, 0.15) is 5.75 Å². The molecule has 2 rings (SSSR count). The van der Waals surface area contributed by atoms with Gasteiger partial charge in [0.15, 0.2) is 0 Å². The van der Waals surface area contributed by atoms with Gasteiger partial charge in [-0.05, 0) is 30.3 Å². The van der Waals surface area contributed by atoms with Crippen LogP contribution in [0.2, 0.25) is 0 Å². The second-order valence-corrected chi connectivity index (χ2v) is 4.21. The third kappa shape index (κ3) is 2.70. The van der Waals surface area contributed by atoms with Gasteiger partial charge >= 0.3 is 0 Å². The summed E-state index contributed by atoms with van der Waals surface area (Å²) in [6.07, 6.45) is 1.65. The van der Waals surface area contributed by atoms with Gasteiger partial charge in [-0.25, -0.2) is 0 Å². The smallest absolute Gasteiger partial charge is 0.125 e. The minimum absolute atomic E-state index is 0.217. The Kier molecular flexibility index (Phi) is 3.37. The summed E-state index contributed by atoms with van der Waals surface area (Å²) < 4.78 is 0.849. The maximum Gasteiger partial charge on any atom is 0.125 e. The first-order chi connectivity index (χ1) is 7.75. The fourth-order valence-corrected chi connectivity index (χ4v) is 1.63. The highest BCUT2D eigenvalue weighted by atomic mass is 79.9. The van der Waals surface area contributed by atoms with E-state index in [2.05, 4.69) is 20.9 Å². The van der Waals surface area contributed by atoms with E-state index in [-0.39, 0.29) is 5.75 Å². The van der Waals surface area contributed by atoms with Gasteiger partial charge < -0.3 is 5.11 Å². The summed E-state index contributed by atoms with van der Waals surface area (Å²) in [5.41, 5.74) is 1.57. The fraction of sp³-hybridized carbons (Fsp3) is 0. The van der Waals surface area contributed by atoms with Crippen molar-refractivity contribution < 1.29 is 5.11 Å². The molecule has 0 fully saturated rings. The molecule has 2 aromatic carbocycles. The number of benzene rings is 2. The molecule has 0 unspecified atom stereocenters. The van der Waals surface area contributed by atoms with Crippen molar-refractivity contribution in [2.75, 3.05) is 0 Å². The molecule has 0 aliphatic heterocycles. The molecule has 0 aliphatic carbocycles. The van der Waals surface area contributed by atoms with Gasteiger partial charge in [0.05, 0.1) is 5.69 Å². The second kappa shape index (κ2) is 4.94. The topological polar surface area (TPSA) is 32.6 Å². The highest BCUT2D eigenvalue weighted by Crippen LogP contribution is 2.21. The molecule has 0 aromatic heterocycles. The molecule has 0 spiro atoms. The predicted molar refractivity (Wildman–Crippen MR) is 69.5 cm³/mol. The lowest BCUT2D eigenvalue weighted by Crippen LogP contribution is -1.81. The second-order valence-electron chi connectivity index (χ2n) is 3.30. The Morgan fingerprint density at radius 2 is 1.81 bits per heavy atom. The lowest BCUT2D eigenvalue weighted by molar-refractivity contribution is 0.474. The van der Waals surface area contributed by atoms with E-state index in [9.17, 15) is 5.11 Å². The third-order valence-corrected chi connectivity index (χ3v) is 2.59. The van der Waals surface area contributed by atoms with Crippen LogP contribution in [0.5, 0.6) is 5.75 Å². The number of para-hydroxylation sites is 1. The van der Waals surface area contributed by atoms with Crippen molar-refractivity contribution in [1.29, 1.82) is 0 Å². The molecule has 0 amide bonds. The molecule has 0 bridgehead atoms. The fourth-order valence-electron chi connectivity index (χ4n) is 1.28. The monoisotopic (exact) mass is 275 g/mol. The van der Waals surface area contributed by atoms with Gasteiger partial charge in [0.2, 0.25) is 0 Å². The van der Waals surface area contributed by atoms with Gasteiger partial charge in [0.25, 0.3) is 0 Å². The molecule has 80 valence electrons. The van der Waals surface area contributed by atoms with Crippen LogP contribution >= 0.6 is 15.9 Å². The number of hydrogen-bond acceptors (Lipinski definition) is 2. The van der Waals surface area contributed by atoms with E-state index < -0.39 is 0 Å². The number of aliphatic imine (C=N–C) groups is 1. The van der Waals surface area contributed by atoms with Gasteiger partial charge in [-0.1, -0.05) is 34.1 Å². The van der Waals surface area contributed by atoms with Crippen LogP contribution < -0.4 is 0 Å². The standard InChI is InChI=1S/C13H10BrNO/c14-11-7-6-10(13(16)8-11)9-15-12-4-2-1-3-5-12/h1-9,16H. The van der Waals surface area contributed by atoms with E-state index in [1.807, 2.05) is 42.5 Å². The normalized spacial score (nSPS) is 10.8. The molecule has 2 aromatic rings. The number of nitrogens with zero attached hydrogens (tertiary/aromatic N) is 1. The van der Waals surface area contributed by atoms with Crippen molar-refractivity contribution in [3.8, 4) is 5.75 Å². The maximum atomic E-state index is 9.65. The van der Waals surface area contributed by atoms with E-state index in [4.69, 9.17) is 0 Å². The molecule has 0 atom stereocenters. The Labute approximate surface area is 102 Å². The Hall–Kier alpha value is -1.61. The number of phenolic OH excluding ortho intramolecular Hbond substituents is 1. The average molecular weight is 276 g/mol. The summed E-state index contributed by atoms with van der Waals surface area (Å²) >= 11 is 3.29. The van der Waals surface area contributed by atoms with Crippen molar-refractivity contribution >= 4 is 27.8 Å². The van der Waals surface area contributed by atoms with E-state index >= 15 is 0 Å². The van der Waals surface area contributed by atoms with Crippen LogP contribution in [0.3, 0.4) is 0 Å². The van der Waals surface area contributed by atoms with Crippen molar-refractivity contribution in [1.82, 2.24) is 0 Å². The van der Waals surface area contributed by atoms with E-state index in [1.165, 1.54) is 0 Å². The Morgan fingerprint density at radius 3 is 2.50 bits per heavy atom. The SMILES string of the molecule is Oc1cc(Br)ccc1C=Nc1ccccc1. The summed E-state index contributed by atoms with van der Waals surface area (Å²) in [7, 11) is 0. The third-order valence-electron chi connectivity index (χ3n) is 2.10. The van der Waals surface area contributed by atoms with Gasteiger partial charge in [0, 0.05) is 16.3 Å². The zero-order valence-electron chi connectivity index (χ0n) is 8.47. The Morgan fingerprint density at radius 1 is 1.06 bits per heavy atom. The van der Waals surface area contributed by atoms with Crippen LogP contribution in [0.15, 0.2) is 58.0 Å². The Balaban J connectivity index is 2.24. The molecule has 2 nitrogen and oxygen atoms in total. The molecule has 0 saturated carbocycles. The molecule has 0 radical (unpaired) electrons. The first-order valence-corrected chi connectivity index (χ1v) is 5.62. The summed E-state index contributed by atoms with van der Waals surface area (Å²) in [5, 5.41) is 9.65. The highest BCUT2D eigenvalue weighted by Gasteiger charge is 1.98. The zero-order chi connectivity index (χ0) is 11.4. The molecule has 0 aliphatic rings. The van der Waals surface area contributed by atoms with Crippen LogP contribution in [0.25, 0.3) is 0 Å². The van der Waals surface area contributed by atoms with E-state index in [0.717, 1.165) is 10.2 Å². The minimum atomic E-state index is 0.217. The van der Waals surface area contributed by atoms with Gasteiger partial charge in [-0.3, -0.25) is 4.99 Å². The largest absolute Gasteiger partial charge is 0.507 e. The van der Waals surface area contributed by atoms with Crippen LogP contribution in [-0.4, -0.2) is 11.3 Å². The Bertz CT molecular complexity index is 509. The summed E-state index contributed by atoms with van der Waals surface area (Å²) in [6.45, 7) is 0. The minimum Gasteiger partial charge on any atom is -0.507 e. The number of rotatable bonds is 2. The molecule has 1 N–H and O–H groups in total. The lowest BCUT2D eigenvalue weighted by Gasteiger charge is -1.98. The molecular formula is C13H10BrNO. The number of halogens is 1. The van der Waals surface area contributed by atoms with Crippen molar-refractivity contribution in [2.24, 2.45) is 4.99 Å². The van der Waals surface area contributed by atoms with Gasteiger partial charge in [-0.15, -0.1) is 0 Å². The van der Waals surface area contributed by atoms with Crippen molar-refractivity contribution in [3.05, 3.63) is 58.6 Å². The maximum absolute atomic E-state index is 9.65. The number of aromatic hydroxyl groups is 1. The van der Waals surface area contributed by atoms with Crippen molar-refractivity contribution in [2.45, 2.75) is 0 Å². The van der Waals surface area contributed by atoms with E-state index in [0.29, 0.717) is 5.56 Å². The predicted octanol–water partition coefficient (Wildman–Crippen LogP) is 3.91. The first-order valence-electron chi connectivity index (χ1n) is 4.83. The van der Waals surface area contributed by atoms with Crippen LogP contribution in [0, 0.1) is 0 Å². The van der Waals surface area contributed by atoms with Gasteiger partial charge in [-0.2, -0.15) is 0 Å². The van der Waals surface area contributed by atoms with Crippen LogP contribution in [0.1, 0.15) is 5.56 Å². The quantitative estimate of drug-likeness (QED) is 0.829. The molecule has 16 heavy (non-hydrogen) atoms. The van der Waals surface area contributed by atoms with Crippen molar-refractivity contribution in [3.63, 3.8) is 0 Å². The average Bonchev–Trinajstić information content (AvgIpc) is 2.29. The summed E-state index contributed by atoms with van der Waals surface area (Å²) in [5.74, 6) is 0.217. The summed E-state index contributed by atoms with van der Waals surface area (Å²) in [6, 6.07) is 14.9. The first kappa shape index (κ1) is 10.9. The number of phenols is 1. The zero-order valence-corrected chi connectivity index (χ0v) is 10.1. The molecule has 3 heteroatoms. The van der Waals surface area contributed by atoms with E-state index in [1.54, 1.807) is 12.3 Å². The highest BCUT2D eigenvalue weighted by molar-refractivity contribution is 9.10. The van der Waals surface area contributed by atoms with Crippen LogP contribution in [-0.2, 0) is 0 Å². The lowest BCUT2D eigenvalue weighted by atomic mass is 10.2. The number of hydrogen-bond donors (Lipinski definition) is 1. The molecule has 0 saturated heterocycles.